The van der Waals surface area contributed by atoms with Crippen molar-refractivity contribution in [3.63, 3.8) is 0 Å². The smallest absolute Gasteiger partial charge is 0.251 e. The van der Waals surface area contributed by atoms with Gasteiger partial charge in [-0.25, -0.2) is 8.78 Å². The number of nitrogens with zero attached hydrogens (tertiary/aromatic N) is 1. The molecule has 1 saturated carbocycles. The van der Waals surface area contributed by atoms with Crippen LogP contribution in [-0.4, -0.2) is 42.2 Å². The highest BCUT2D eigenvalue weighted by molar-refractivity contribution is 4.78. The molecule has 0 aromatic carbocycles. The van der Waals surface area contributed by atoms with Gasteiger partial charge in [-0.15, -0.1) is 0 Å². The Balaban J connectivity index is 2.32. The third kappa shape index (κ3) is 3.56. The molecule has 0 radical (unpaired) electrons. The first-order valence-corrected chi connectivity index (χ1v) is 4.76. The van der Waals surface area contributed by atoms with Crippen LogP contribution in [0.5, 0.6) is 0 Å². The molecule has 0 bridgehead atoms. The van der Waals surface area contributed by atoms with Crippen molar-refractivity contribution < 1.29 is 13.9 Å². The minimum atomic E-state index is -2.27. The van der Waals surface area contributed by atoms with Crippen LogP contribution in [0.4, 0.5) is 8.78 Å². The second-order valence-corrected chi connectivity index (χ2v) is 3.80. The first-order chi connectivity index (χ1) is 6.09. The molecule has 0 spiro atoms. The fourth-order valence-electron chi connectivity index (χ4n) is 1.91. The van der Waals surface area contributed by atoms with Crippen molar-refractivity contribution in [1.82, 2.24) is 4.90 Å². The minimum absolute atomic E-state index is 0.137. The van der Waals surface area contributed by atoms with Crippen molar-refractivity contribution in [3.8, 4) is 0 Å². The summed E-state index contributed by atoms with van der Waals surface area (Å²) in [4.78, 5) is 1.66. The number of aliphatic hydroxyl groups is 1. The average molecular weight is 193 g/mol. The summed E-state index contributed by atoms with van der Waals surface area (Å²) in [5.74, 6) is 0. The lowest BCUT2D eigenvalue weighted by Gasteiger charge is -2.33. The van der Waals surface area contributed by atoms with Crippen LogP contribution in [0.25, 0.3) is 0 Å². The monoisotopic (exact) mass is 193 g/mol. The van der Waals surface area contributed by atoms with Crippen molar-refractivity contribution in [1.29, 1.82) is 0 Å². The highest BCUT2D eigenvalue weighted by atomic mass is 19.3. The van der Waals surface area contributed by atoms with Crippen molar-refractivity contribution in [2.45, 2.75) is 44.3 Å². The molecule has 2 nitrogen and oxygen atoms in total. The zero-order chi connectivity index (χ0) is 9.84. The van der Waals surface area contributed by atoms with Crippen molar-refractivity contribution in [2.75, 3.05) is 13.6 Å². The lowest BCUT2D eigenvalue weighted by Crippen LogP contribution is -2.39. The Kier molecular flexibility index (Phi) is 4.06. The predicted molar refractivity (Wildman–Crippen MR) is 46.9 cm³/mol. The van der Waals surface area contributed by atoms with Crippen LogP contribution in [0, 0.1) is 0 Å². The number of alkyl halides is 2. The molecule has 2 unspecified atom stereocenters. The van der Waals surface area contributed by atoms with E-state index < -0.39 is 6.43 Å². The highest BCUT2D eigenvalue weighted by Gasteiger charge is 2.24. The van der Waals surface area contributed by atoms with Gasteiger partial charge in [-0.3, -0.25) is 4.90 Å². The standard InChI is InChI=1S/C9H17F2NO/c1-12(6-9(10)11)7-3-2-4-8(13)5-7/h7-9,13H,2-6H2,1H3. The summed E-state index contributed by atoms with van der Waals surface area (Å²) in [7, 11) is 1.70. The number of hydrogen-bond acceptors (Lipinski definition) is 2. The van der Waals surface area contributed by atoms with E-state index in [4.69, 9.17) is 0 Å². The Labute approximate surface area is 77.5 Å². The molecule has 0 aromatic heterocycles. The molecule has 1 aliphatic carbocycles. The van der Waals surface area contributed by atoms with E-state index in [2.05, 4.69) is 0 Å². The van der Waals surface area contributed by atoms with E-state index in [0.29, 0.717) is 6.42 Å². The van der Waals surface area contributed by atoms with Gasteiger partial charge in [-0.2, -0.15) is 0 Å². The largest absolute Gasteiger partial charge is 0.393 e. The van der Waals surface area contributed by atoms with Crippen LogP contribution >= 0.6 is 0 Å². The van der Waals surface area contributed by atoms with Gasteiger partial charge in [-0.1, -0.05) is 0 Å². The highest BCUT2D eigenvalue weighted by Crippen LogP contribution is 2.22. The lowest BCUT2D eigenvalue weighted by atomic mass is 9.92. The van der Waals surface area contributed by atoms with Gasteiger partial charge in [0, 0.05) is 6.04 Å². The molecular weight excluding hydrogens is 176 g/mol. The van der Waals surface area contributed by atoms with Gasteiger partial charge in [0.2, 0.25) is 0 Å². The normalized spacial score (nSPS) is 30.0. The average Bonchev–Trinajstić information content (AvgIpc) is 2.03. The summed E-state index contributed by atoms with van der Waals surface area (Å²) in [5, 5.41) is 9.35. The topological polar surface area (TPSA) is 23.5 Å². The summed E-state index contributed by atoms with van der Waals surface area (Å²) in [6.45, 7) is -0.183. The molecule has 0 saturated heterocycles. The van der Waals surface area contributed by atoms with Crippen molar-refractivity contribution in [2.24, 2.45) is 0 Å². The van der Waals surface area contributed by atoms with Crippen LogP contribution in [0.15, 0.2) is 0 Å². The summed E-state index contributed by atoms with van der Waals surface area (Å²) >= 11 is 0. The molecule has 2 atom stereocenters. The number of rotatable bonds is 3. The van der Waals surface area contributed by atoms with Crippen molar-refractivity contribution in [3.05, 3.63) is 0 Å². The van der Waals surface area contributed by atoms with E-state index in [1.807, 2.05) is 0 Å². The third-order valence-electron chi connectivity index (χ3n) is 2.67. The van der Waals surface area contributed by atoms with E-state index in [-0.39, 0.29) is 18.7 Å². The van der Waals surface area contributed by atoms with Gasteiger partial charge < -0.3 is 5.11 Å². The quantitative estimate of drug-likeness (QED) is 0.734. The lowest BCUT2D eigenvalue weighted by molar-refractivity contribution is 0.0368. The van der Waals surface area contributed by atoms with Gasteiger partial charge >= 0.3 is 0 Å². The molecule has 1 N–H and O–H groups in total. The van der Waals surface area contributed by atoms with Crippen LogP contribution in [-0.2, 0) is 0 Å². The second-order valence-electron chi connectivity index (χ2n) is 3.80. The van der Waals surface area contributed by atoms with Crippen LogP contribution < -0.4 is 0 Å². The molecular formula is C9H17F2NO. The van der Waals surface area contributed by atoms with E-state index in [1.165, 1.54) is 0 Å². The number of aliphatic hydroxyl groups excluding tert-OH is 1. The molecule has 1 fully saturated rings. The summed E-state index contributed by atoms with van der Waals surface area (Å²) < 4.78 is 24.1. The van der Waals surface area contributed by atoms with E-state index in [9.17, 15) is 13.9 Å². The van der Waals surface area contributed by atoms with Gasteiger partial charge in [0.15, 0.2) is 0 Å². The summed E-state index contributed by atoms with van der Waals surface area (Å²) in [5.41, 5.74) is 0. The predicted octanol–water partition coefficient (Wildman–Crippen LogP) is 1.49. The Morgan fingerprint density at radius 1 is 1.46 bits per heavy atom. The molecule has 1 aliphatic rings. The molecule has 0 aliphatic heterocycles. The van der Waals surface area contributed by atoms with E-state index in [0.717, 1.165) is 19.3 Å². The molecule has 1 rings (SSSR count). The molecule has 0 aromatic rings. The maximum absolute atomic E-state index is 12.0. The maximum atomic E-state index is 12.0. The molecule has 13 heavy (non-hydrogen) atoms. The molecule has 0 heterocycles. The first kappa shape index (κ1) is 10.9. The Bertz CT molecular complexity index is 155. The third-order valence-corrected chi connectivity index (χ3v) is 2.67. The fourth-order valence-corrected chi connectivity index (χ4v) is 1.91. The summed E-state index contributed by atoms with van der Waals surface area (Å²) in [6, 6.07) is 0.137. The van der Waals surface area contributed by atoms with E-state index >= 15 is 0 Å². The van der Waals surface area contributed by atoms with Crippen LogP contribution in [0.3, 0.4) is 0 Å². The number of halogens is 2. The SMILES string of the molecule is CN(CC(F)F)C1CCCC(O)C1. The zero-order valence-electron chi connectivity index (χ0n) is 7.92. The molecule has 78 valence electrons. The van der Waals surface area contributed by atoms with Crippen LogP contribution in [0.2, 0.25) is 0 Å². The maximum Gasteiger partial charge on any atom is 0.251 e. The van der Waals surface area contributed by atoms with Gasteiger partial charge in [0.05, 0.1) is 12.6 Å². The van der Waals surface area contributed by atoms with Gasteiger partial charge in [0.1, 0.15) is 0 Å². The minimum Gasteiger partial charge on any atom is -0.393 e. The van der Waals surface area contributed by atoms with Gasteiger partial charge in [0.25, 0.3) is 6.43 Å². The number of hydrogen-bond donors (Lipinski definition) is 1. The zero-order valence-corrected chi connectivity index (χ0v) is 7.92. The molecule has 0 amide bonds. The second kappa shape index (κ2) is 4.86. The first-order valence-electron chi connectivity index (χ1n) is 4.76. The Morgan fingerprint density at radius 3 is 2.69 bits per heavy atom. The summed E-state index contributed by atoms with van der Waals surface area (Å²) in [6.07, 6.45) is 0.769. The Morgan fingerprint density at radius 2 is 2.15 bits per heavy atom. The Hall–Kier alpha value is -0.220. The molecule has 4 heteroatoms. The van der Waals surface area contributed by atoms with Crippen molar-refractivity contribution >= 4 is 0 Å². The van der Waals surface area contributed by atoms with Crippen LogP contribution in [0.1, 0.15) is 25.7 Å². The fraction of sp³-hybridized carbons (Fsp3) is 1.00. The van der Waals surface area contributed by atoms with E-state index in [1.54, 1.807) is 11.9 Å². The van der Waals surface area contributed by atoms with Gasteiger partial charge in [-0.05, 0) is 32.7 Å².